The molecule has 0 fully saturated rings. The van der Waals surface area contributed by atoms with Crippen LogP contribution in [0.4, 0.5) is 0 Å². The van der Waals surface area contributed by atoms with E-state index in [1.54, 1.807) is 30.3 Å². The molecule has 0 aliphatic carbocycles. The Labute approximate surface area is 230 Å². The van der Waals surface area contributed by atoms with Crippen LogP contribution in [0, 0.1) is 0 Å². The first-order valence-corrected chi connectivity index (χ1v) is 13.5. The van der Waals surface area contributed by atoms with Gasteiger partial charge in [-0.15, -0.1) is 0 Å². The molecule has 0 aliphatic heterocycles. The smallest absolute Gasteiger partial charge is 0.255 e. The summed E-state index contributed by atoms with van der Waals surface area (Å²) in [6.45, 7) is 1.65. The SMILES string of the molecule is CCOc1ccc(/C=N\NC(=O)CN(Cc2ccc(Cl)cc2Cl)S(=O)(=O)c2ccc(Cl)cc2)cc1OC. The number of nitrogens with zero attached hydrogens (tertiary/aromatic N) is 2. The number of hydrazone groups is 1. The van der Waals surface area contributed by atoms with Crippen LogP contribution in [0.15, 0.2) is 70.7 Å². The van der Waals surface area contributed by atoms with E-state index in [9.17, 15) is 13.2 Å². The van der Waals surface area contributed by atoms with Crippen LogP contribution < -0.4 is 14.9 Å². The molecule has 0 aromatic heterocycles. The van der Waals surface area contributed by atoms with Crippen molar-refractivity contribution in [2.24, 2.45) is 5.10 Å². The molecule has 1 N–H and O–H groups in total. The molecular weight excluding hydrogens is 561 g/mol. The Kier molecular flexibility index (Phi) is 10.2. The molecule has 0 radical (unpaired) electrons. The summed E-state index contributed by atoms with van der Waals surface area (Å²) in [6, 6.07) is 15.5. The summed E-state index contributed by atoms with van der Waals surface area (Å²) in [6.07, 6.45) is 1.41. The molecule has 8 nitrogen and oxygen atoms in total. The Bertz CT molecular complexity index is 1380. The Morgan fingerprint density at radius 2 is 1.70 bits per heavy atom. The third-order valence-corrected chi connectivity index (χ3v) is 7.67. The lowest BCUT2D eigenvalue weighted by atomic mass is 10.2. The fraction of sp³-hybridized carbons (Fsp3) is 0.200. The van der Waals surface area contributed by atoms with Crippen molar-refractivity contribution >= 4 is 56.9 Å². The second kappa shape index (κ2) is 13.1. The zero-order valence-corrected chi connectivity index (χ0v) is 23.0. The van der Waals surface area contributed by atoms with Gasteiger partial charge in [-0.2, -0.15) is 9.41 Å². The molecule has 0 bridgehead atoms. The first-order valence-electron chi connectivity index (χ1n) is 11.0. The Hall–Kier alpha value is -2.82. The number of rotatable bonds is 11. The Morgan fingerprint density at radius 1 is 1.00 bits per heavy atom. The van der Waals surface area contributed by atoms with E-state index >= 15 is 0 Å². The van der Waals surface area contributed by atoms with E-state index in [0.29, 0.717) is 39.3 Å². The van der Waals surface area contributed by atoms with Crippen molar-refractivity contribution in [1.82, 2.24) is 9.73 Å². The maximum absolute atomic E-state index is 13.4. The first-order chi connectivity index (χ1) is 17.6. The highest BCUT2D eigenvalue weighted by Gasteiger charge is 2.27. The van der Waals surface area contributed by atoms with Crippen LogP contribution in [0.2, 0.25) is 15.1 Å². The van der Waals surface area contributed by atoms with Crippen molar-refractivity contribution in [2.75, 3.05) is 20.3 Å². The largest absolute Gasteiger partial charge is 0.493 e. The van der Waals surface area contributed by atoms with Crippen LogP contribution in [-0.4, -0.2) is 45.1 Å². The third kappa shape index (κ3) is 7.83. The van der Waals surface area contributed by atoms with Crippen molar-refractivity contribution in [1.29, 1.82) is 0 Å². The van der Waals surface area contributed by atoms with Crippen molar-refractivity contribution in [3.8, 4) is 11.5 Å². The molecule has 0 unspecified atom stereocenters. The van der Waals surface area contributed by atoms with Crippen LogP contribution in [0.1, 0.15) is 18.1 Å². The lowest BCUT2D eigenvalue weighted by Gasteiger charge is -2.22. The van der Waals surface area contributed by atoms with Gasteiger partial charge in [-0.05, 0) is 72.6 Å². The van der Waals surface area contributed by atoms with E-state index < -0.39 is 22.5 Å². The minimum Gasteiger partial charge on any atom is -0.493 e. The van der Waals surface area contributed by atoms with Gasteiger partial charge in [0.15, 0.2) is 11.5 Å². The monoisotopic (exact) mass is 583 g/mol. The maximum atomic E-state index is 13.4. The average Bonchev–Trinajstić information content (AvgIpc) is 2.86. The topological polar surface area (TPSA) is 97.3 Å². The summed E-state index contributed by atoms with van der Waals surface area (Å²) < 4.78 is 38.5. The molecule has 3 aromatic carbocycles. The van der Waals surface area contributed by atoms with Gasteiger partial charge in [-0.3, -0.25) is 4.79 Å². The first kappa shape index (κ1) is 28.7. The average molecular weight is 585 g/mol. The second-order valence-corrected chi connectivity index (χ2v) is 10.8. The zero-order valence-electron chi connectivity index (χ0n) is 19.9. The number of sulfonamides is 1. The third-order valence-electron chi connectivity index (χ3n) is 5.02. The summed E-state index contributed by atoms with van der Waals surface area (Å²) in [5.41, 5.74) is 3.47. The number of amides is 1. The fourth-order valence-electron chi connectivity index (χ4n) is 3.23. The predicted molar refractivity (Wildman–Crippen MR) is 145 cm³/mol. The Balaban J connectivity index is 1.79. The highest BCUT2D eigenvalue weighted by atomic mass is 35.5. The summed E-state index contributed by atoms with van der Waals surface area (Å²) >= 11 is 18.1. The van der Waals surface area contributed by atoms with E-state index in [2.05, 4.69) is 10.5 Å². The second-order valence-electron chi connectivity index (χ2n) is 7.60. The van der Waals surface area contributed by atoms with Gasteiger partial charge in [0, 0.05) is 21.6 Å². The van der Waals surface area contributed by atoms with E-state index in [1.165, 1.54) is 43.7 Å². The lowest BCUT2D eigenvalue weighted by molar-refractivity contribution is -0.121. The zero-order chi connectivity index (χ0) is 27.0. The quantitative estimate of drug-likeness (QED) is 0.241. The number of nitrogens with one attached hydrogen (secondary N) is 1. The molecule has 0 spiro atoms. The molecule has 0 atom stereocenters. The van der Waals surface area contributed by atoms with Gasteiger partial charge < -0.3 is 9.47 Å². The highest BCUT2D eigenvalue weighted by molar-refractivity contribution is 7.89. The van der Waals surface area contributed by atoms with Crippen LogP contribution in [-0.2, 0) is 21.4 Å². The number of carbonyl (C=O) groups excluding carboxylic acids is 1. The number of carbonyl (C=O) groups is 1. The minimum absolute atomic E-state index is 0.0280. The van der Waals surface area contributed by atoms with Crippen molar-refractivity contribution < 1.29 is 22.7 Å². The molecule has 3 aromatic rings. The number of ether oxygens (including phenoxy) is 2. The molecule has 0 heterocycles. The number of benzene rings is 3. The molecule has 1 amide bonds. The van der Waals surface area contributed by atoms with Crippen LogP contribution in [0.5, 0.6) is 11.5 Å². The summed E-state index contributed by atoms with van der Waals surface area (Å²) in [7, 11) is -2.58. The molecule has 196 valence electrons. The van der Waals surface area contributed by atoms with Crippen molar-refractivity contribution in [2.45, 2.75) is 18.4 Å². The van der Waals surface area contributed by atoms with Gasteiger partial charge in [0.2, 0.25) is 10.0 Å². The van der Waals surface area contributed by atoms with Gasteiger partial charge in [0.1, 0.15) is 0 Å². The molecule has 37 heavy (non-hydrogen) atoms. The molecule has 12 heteroatoms. The summed E-state index contributed by atoms with van der Waals surface area (Å²) in [5.74, 6) is 0.434. The minimum atomic E-state index is -4.09. The van der Waals surface area contributed by atoms with E-state index in [4.69, 9.17) is 44.3 Å². The molecule has 3 rings (SSSR count). The van der Waals surface area contributed by atoms with Gasteiger partial charge in [0.05, 0.1) is 31.4 Å². The number of halogens is 3. The number of hydrogen-bond acceptors (Lipinski definition) is 6. The molecular formula is C25H24Cl3N3O5S. The summed E-state index contributed by atoms with van der Waals surface area (Å²) in [5, 5.41) is 5.00. The number of methoxy groups -OCH3 is 1. The van der Waals surface area contributed by atoms with E-state index in [1.807, 2.05) is 6.92 Å². The fourth-order valence-corrected chi connectivity index (χ4v) is 5.20. The normalized spacial score (nSPS) is 11.6. The Morgan fingerprint density at radius 3 is 2.35 bits per heavy atom. The molecule has 0 saturated carbocycles. The molecule has 0 aliphatic rings. The van der Waals surface area contributed by atoms with Gasteiger partial charge in [-0.25, -0.2) is 13.8 Å². The van der Waals surface area contributed by atoms with E-state index in [0.717, 1.165) is 4.31 Å². The standard InChI is InChI=1S/C25H24Cl3N3O5S/c1-3-36-23-11-4-17(12-24(23)35-2)14-29-30-25(32)16-31(15-18-5-6-20(27)13-22(18)28)37(33,34)21-9-7-19(26)8-10-21/h4-14H,3,15-16H2,1-2H3,(H,30,32)/b29-14-. The van der Waals surface area contributed by atoms with Gasteiger partial charge in [-0.1, -0.05) is 40.9 Å². The number of hydrogen-bond donors (Lipinski definition) is 1. The van der Waals surface area contributed by atoms with E-state index in [-0.39, 0.29) is 16.5 Å². The van der Waals surface area contributed by atoms with Gasteiger partial charge >= 0.3 is 0 Å². The lowest BCUT2D eigenvalue weighted by Crippen LogP contribution is -2.39. The van der Waals surface area contributed by atoms with Crippen LogP contribution >= 0.6 is 34.8 Å². The summed E-state index contributed by atoms with van der Waals surface area (Å²) in [4.78, 5) is 12.7. The van der Waals surface area contributed by atoms with Crippen molar-refractivity contribution in [3.05, 3.63) is 86.9 Å². The van der Waals surface area contributed by atoms with Gasteiger partial charge in [0.25, 0.3) is 5.91 Å². The molecule has 0 saturated heterocycles. The van der Waals surface area contributed by atoms with Crippen LogP contribution in [0.25, 0.3) is 0 Å². The predicted octanol–water partition coefficient (Wildman–Crippen LogP) is 5.40. The van der Waals surface area contributed by atoms with Crippen LogP contribution in [0.3, 0.4) is 0 Å². The van der Waals surface area contributed by atoms with Crippen molar-refractivity contribution in [3.63, 3.8) is 0 Å². The highest BCUT2D eigenvalue weighted by Crippen LogP contribution is 2.28. The maximum Gasteiger partial charge on any atom is 0.255 e.